The van der Waals surface area contributed by atoms with Crippen LogP contribution in [-0.4, -0.2) is 16.6 Å². The van der Waals surface area contributed by atoms with Crippen molar-refractivity contribution in [1.82, 2.24) is 0 Å². The van der Waals surface area contributed by atoms with E-state index in [0.29, 0.717) is 22.6 Å². The summed E-state index contributed by atoms with van der Waals surface area (Å²) < 4.78 is 11.0. The molecule has 1 N–H and O–H groups in total. The van der Waals surface area contributed by atoms with Crippen LogP contribution in [0.25, 0.3) is 6.08 Å². The lowest BCUT2D eigenvalue weighted by atomic mass is 10.00. The van der Waals surface area contributed by atoms with Gasteiger partial charge in [0.1, 0.15) is 17.1 Å². The molecule has 4 heteroatoms. The van der Waals surface area contributed by atoms with Crippen molar-refractivity contribution in [3.63, 3.8) is 0 Å². The largest absolute Gasteiger partial charge is 0.483 e. The lowest BCUT2D eigenvalue weighted by Crippen LogP contribution is -2.27. The number of fused-ring (bicyclic) bond motifs is 1. The van der Waals surface area contributed by atoms with Gasteiger partial charge in [0, 0.05) is 5.56 Å². The van der Waals surface area contributed by atoms with Crippen molar-refractivity contribution >= 4 is 12.0 Å². The topological polar surface area (TPSA) is 55.8 Å². The van der Waals surface area contributed by atoms with E-state index < -0.39 is 0 Å². The average Bonchev–Trinajstić information content (AvgIpc) is 2.34. The van der Waals surface area contributed by atoms with Crippen LogP contribution in [0.4, 0.5) is 0 Å². The Bertz CT molecular complexity index is 537. The van der Waals surface area contributed by atoms with Gasteiger partial charge < -0.3 is 14.6 Å². The fourth-order valence-corrected chi connectivity index (χ4v) is 1.82. The van der Waals surface area contributed by atoms with Crippen LogP contribution in [0.1, 0.15) is 25.0 Å². The third-order valence-corrected chi connectivity index (χ3v) is 2.66. The van der Waals surface area contributed by atoms with Crippen LogP contribution < -0.4 is 9.47 Å². The molecule has 0 saturated heterocycles. The van der Waals surface area contributed by atoms with Gasteiger partial charge in [0.05, 0.1) is 12.2 Å². The van der Waals surface area contributed by atoms with Crippen molar-refractivity contribution in [2.24, 2.45) is 0 Å². The van der Waals surface area contributed by atoms with E-state index in [1.54, 1.807) is 18.1 Å². The van der Waals surface area contributed by atoms with Gasteiger partial charge in [-0.05, 0) is 38.1 Å². The Hall–Kier alpha value is -2.03. The maximum absolute atomic E-state index is 10.2. The molecule has 0 saturated carbocycles. The van der Waals surface area contributed by atoms with E-state index in [1.165, 1.54) is 0 Å². The van der Waals surface area contributed by atoms with Gasteiger partial charge in [-0.1, -0.05) is 0 Å². The lowest BCUT2D eigenvalue weighted by Gasteiger charge is -2.29. The summed E-state index contributed by atoms with van der Waals surface area (Å²) in [7, 11) is 0. The first kappa shape index (κ1) is 12.4. The van der Waals surface area contributed by atoms with Gasteiger partial charge in [-0.2, -0.15) is 0 Å². The van der Waals surface area contributed by atoms with Crippen LogP contribution in [-0.2, 0) is 11.4 Å². The number of aliphatic hydroxyl groups excluding tert-OH is 1. The van der Waals surface area contributed by atoms with Crippen LogP contribution >= 0.6 is 0 Å². The van der Waals surface area contributed by atoms with Crippen molar-refractivity contribution in [2.75, 3.05) is 0 Å². The molecule has 0 aliphatic carbocycles. The van der Waals surface area contributed by atoms with Crippen LogP contribution in [0.3, 0.4) is 0 Å². The fourth-order valence-electron chi connectivity index (χ4n) is 1.82. The Morgan fingerprint density at radius 1 is 1.50 bits per heavy atom. The molecule has 0 bridgehead atoms. The summed E-state index contributed by atoms with van der Waals surface area (Å²) in [6.45, 7) is 3.71. The van der Waals surface area contributed by atoms with Gasteiger partial charge in [-0.3, -0.25) is 0 Å². The smallest absolute Gasteiger partial charge is 0.174 e. The minimum atomic E-state index is -0.383. The van der Waals surface area contributed by atoms with Crippen molar-refractivity contribution in [3.8, 4) is 11.5 Å². The maximum Gasteiger partial charge on any atom is 0.174 e. The number of benzene rings is 1. The van der Waals surface area contributed by atoms with Gasteiger partial charge in [0.15, 0.2) is 12.2 Å². The molecule has 0 aromatic heterocycles. The summed E-state index contributed by atoms with van der Waals surface area (Å²) in [6, 6.07) is 3.49. The second-order valence-corrected chi connectivity index (χ2v) is 4.52. The molecule has 18 heavy (non-hydrogen) atoms. The maximum atomic E-state index is 10.2. The van der Waals surface area contributed by atoms with Crippen LogP contribution in [0, 0.1) is 0 Å². The average molecular weight is 246 g/mol. The number of rotatable bonds is 3. The molecule has 0 atom stereocenters. The van der Waals surface area contributed by atoms with Crippen LogP contribution in [0.15, 0.2) is 24.5 Å². The van der Waals surface area contributed by atoms with Crippen LogP contribution in [0.5, 0.6) is 11.5 Å². The molecule has 94 valence electrons. The Morgan fingerprint density at radius 3 is 2.94 bits per heavy atom. The van der Waals surface area contributed by atoms with Crippen molar-refractivity contribution in [2.45, 2.75) is 26.1 Å². The van der Waals surface area contributed by atoms with Crippen molar-refractivity contribution in [3.05, 3.63) is 35.6 Å². The highest BCUT2D eigenvalue weighted by Crippen LogP contribution is 2.39. The van der Waals surface area contributed by atoms with E-state index in [1.807, 2.05) is 26.0 Å². The monoisotopic (exact) mass is 246 g/mol. The summed E-state index contributed by atoms with van der Waals surface area (Å²) in [5.74, 6) is 2.63. The molecule has 0 unspecified atom stereocenters. The van der Waals surface area contributed by atoms with E-state index in [2.05, 4.69) is 0 Å². The zero-order chi connectivity index (χ0) is 13.2. The molecule has 0 fully saturated rings. The molecule has 1 aliphatic rings. The quantitative estimate of drug-likeness (QED) is 0.655. The summed E-state index contributed by atoms with van der Waals surface area (Å²) in [5.41, 5.74) is 0.923. The number of hydrogen-bond acceptors (Lipinski definition) is 4. The Kier molecular flexibility index (Phi) is 3.24. The first-order valence-electron chi connectivity index (χ1n) is 5.58. The van der Waals surface area contributed by atoms with Gasteiger partial charge in [0.25, 0.3) is 0 Å². The summed E-state index contributed by atoms with van der Waals surface area (Å²) in [6.07, 6.45) is 4.68. The zero-order valence-electron chi connectivity index (χ0n) is 10.3. The molecular formula is C14H14O4. The predicted octanol–water partition coefficient (Wildman–Crippen LogP) is 2.09. The molecule has 0 amide bonds. The molecule has 1 aromatic rings. The van der Waals surface area contributed by atoms with Gasteiger partial charge in [-0.15, -0.1) is 0 Å². The van der Waals surface area contributed by atoms with E-state index >= 15 is 0 Å². The molecule has 1 aromatic carbocycles. The van der Waals surface area contributed by atoms with E-state index in [-0.39, 0.29) is 12.2 Å². The molecule has 1 heterocycles. The third kappa shape index (κ3) is 2.30. The molecule has 2 rings (SSSR count). The Labute approximate surface area is 105 Å². The number of ether oxygens (including phenoxy) is 2. The molecule has 0 spiro atoms. The number of hydrogen-bond donors (Lipinski definition) is 1. The standard InChI is InChI=1S/C14H14O4/c1-14(2)6-5-11-12(18-14)4-3-10(9-16)13(11)17-8-7-15/h3-6,8,16H,9H2,1-2H3. The van der Waals surface area contributed by atoms with Gasteiger partial charge in [-0.25, -0.2) is 4.79 Å². The second-order valence-electron chi connectivity index (χ2n) is 4.52. The second kappa shape index (κ2) is 4.69. The highest BCUT2D eigenvalue weighted by atomic mass is 16.5. The minimum Gasteiger partial charge on any atom is -0.483 e. The highest BCUT2D eigenvalue weighted by molar-refractivity contribution is 5.69. The van der Waals surface area contributed by atoms with Crippen LogP contribution in [0.2, 0.25) is 0 Å². The van der Waals surface area contributed by atoms with E-state index in [9.17, 15) is 9.90 Å². The summed E-state index contributed by atoms with van der Waals surface area (Å²) in [4.78, 5) is 10.2. The van der Waals surface area contributed by atoms with E-state index in [4.69, 9.17) is 9.47 Å². The minimum absolute atomic E-state index is 0.174. The van der Waals surface area contributed by atoms with E-state index in [0.717, 1.165) is 6.26 Å². The fraction of sp³-hybridized carbons (Fsp3) is 0.286. The molecule has 4 nitrogen and oxygen atoms in total. The summed E-state index contributed by atoms with van der Waals surface area (Å²) >= 11 is 0. The zero-order valence-corrected chi connectivity index (χ0v) is 10.3. The third-order valence-electron chi connectivity index (χ3n) is 2.66. The van der Waals surface area contributed by atoms with Gasteiger partial charge in [0.2, 0.25) is 0 Å². The highest BCUT2D eigenvalue weighted by Gasteiger charge is 2.24. The molecular weight excluding hydrogens is 232 g/mol. The predicted molar refractivity (Wildman–Crippen MR) is 67.0 cm³/mol. The summed E-state index contributed by atoms with van der Waals surface area (Å²) in [5, 5.41) is 9.26. The Balaban J connectivity index is 2.53. The number of carbonyl (C=O) groups excluding carboxylic acids is 1. The Morgan fingerprint density at radius 2 is 2.28 bits per heavy atom. The first-order valence-corrected chi connectivity index (χ1v) is 5.58. The van der Waals surface area contributed by atoms with Gasteiger partial charge >= 0.3 is 0 Å². The SMILES string of the molecule is CC1(C)C=Cc2c(ccc(CO)c2OC=C=O)O1. The molecule has 1 aliphatic heterocycles. The van der Waals surface area contributed by atoms with Crippen molar-refractivity contribution in [1.29, 1.82) is 0 Å². The number of aliphatic hydroxyl groups is 1. The normalized spacial score (nSPS) is 15.3. The lowest BCUT2D eigenvalue weighted by molar-refractivity contribution is 0.158. The van der Waals surface area contributed by atoms with Crippen molar-refractivity contribution < 1.29 is 19.4 Å². The molecule has 0 radical (unpaired) electrons. The first-order chi connectivity index (χ1) is 8.57.